The SMILES string of the molecule is CCOC(=O)C1=C(O)C2=CC(Br)C(=O)CC2=CN1CC(C)(C)C. The van der Waals surface area contributed by atoms with Crippen LogP contribution in [0.15, 0.2) is 34.9 Å². The Hall–Kier alpha value is -1.56. The van der Waals surface area contributed by atoms with Crippen molar-refractivity contribution in [2.45, 2.75) is 38.9 Å². The summed E-state index contributed by atoms with van der Waals surface area (Å²) in [6, 6.07) is 0. The van der Waals surface area contributed by atoms with Crippen LogP contribution in [0.3, 0.4) is 0 Å². The van der Waals surface area contributed by atoms with Crippen LogP contribution in [-0.2, 0) is 14.3 Å². The van der Waals surface area contributed by atoms with Crippen LogP contribution in [0.4, 0.5) is 0 Å². The van der Waals surface area contributed by atoms with Crippen molar-refractivity contribution in [3.63, 3.8) is 0 Å². The third-order valence-corrected chi connectivity index (χ3v) is 4.30. The average molecular weight is 384 g/mol. The number of ketones is 1. The van der Waals surface area contributed by atoms with Crippen molar-refractivity contribution in [1.29, 1.82) is 0 Å². The lowest BCUT2D eigenvalue weighted by Crippen LogP contribution is -2.37. The molecule has 1 heterocycles. The lowest BCUT2D eigenvalue weighted by molar-refractivity contribution is -0.140. The largest absolute Gasteiger partial charge is 0.505 e. The maximum absolute atomic E-state index is 12.3. The Labute approximate surface area is 144 Å². The standard InChI is InChI=1S/C17H22BrNO4/c1-5-23-16(22)14-15(21)11-7-12(18)13(20)6-10(11)8-19(14)9-17(2,3)4/h7-8,12,21H,5-6,9H2,1-4H3. The lowest BCUT2D eigenvalue weighted by Gasteiger charge is -2.35. The maximum atomic E-state index is 12.3. The van der Waals surface area contributed by atoms with Crippen LogP contribution in [0.25, 0.3) is 0 Å². The highest BCUT2D eigenvalue weighted by atomic mass is 79.9. The van der Waals surface area contributed by atoms with E-state index in [0.29, 0.717) is 12.1 Å². The van der Waals surface area contributed by atoms with Crippen LogP contribution < -0.4 is 0 Å². The first-order valence-corrected chi connectivity index (χ1v) is 8.52. The maximum Gasteiger partial charge on any atom is 0.358 e. The number of halogens is 1. The van der Waals surface area contributed by atoms with Crippen molar-refractivity contribution in [3.8, 4) is 0 Å². The van der Waals surface area contributed by atoms with Crippen LogP contribution in [0, 0.1) is 5.41 Å². The number of carbonyl (C=O) groups is 2. The monoisotopic (exact) mass is 383 g/mol. The molecule has 0 bridgehead atoms. The number of rotatable bonds is 3. The van der Waals surface area contributed by atoms with Gasteiger partial charge in [-0.25, -0.2) is 4.79 Å². The molecule has 0 saturated carbocycles. The molecule has 0 radical (unpaired) electrons. The van der Waals surface area contributed by atoms with Crippen LogP contribution in [-0.4, -0.2) is 39.7 Å². The number of esters is 1. The van der Waals surface area contributed by atoms with Gasteiger partial charge < -0.3 is 14.7 Å². The normalized spacial score (nSPS) is 21.7. The van der Waals surface area contributed by atoms with Crippen molar-refractivity contribution >= 4 is 27.7 Å². The number of ether oxygens (including phenoxy) is 1. The number of nitrogens with zero attached hydrogens (tertiary/aromatic N) is 1. The first kappa shape index (κ1) is 17.8. The van der Waals surface area contributed by atoms with E-state index in [2.05, 4.69) is 15.9 Å². The van der Waals surface area contributed by atoms with Gasteiger partial charge in [-0.15, -0.1) is 0 Å². The highest BCUT2D eigenvalue weighted by Gasteiger charge is 2.36. The van der Waals surface area contributed by atoms with Gasteiger partial charge in [0.25, 0.3) is 0 Å². The van der Waals surface area contributed by atoms with Gasteiger partial charge in [-0.05, 0) is 17.9 Å². The number of aliphatic hydroxyl groups excluding tert-OH is 1. The van der Waals surface area contributed by atoms with Gasteiger partial charge in [0.2, 0.25) is 0 Å². The predicted molar refractivity (Wildman–Crippen MR) is 91.0 cm³/mol. The molecule has 5 nitrogen and oxygen atoms in total. The second-order valence-corrected chi connectivity index (χ2v) is 7.87. The number of hydrogen-bond donors (Lipinski definition) is 1. The highest BCUT2D eigenvalue weighted by molar-refractivity contribution is 9.10. The molecular formula is C17H22BrNO4. The van der Waals surface area contributed by atoms with Crippen LogP contribution >= 0.6 is 15.9 Å². The van der Waals surface area contributed by atoms with Crippen molar-refractivity contribution in [1.82, 2.24) is 4.90 Å². The lowest BCUT2D eigenvalue weighted by atomic mass is 9.88. The summed E-state index contributed by atoms with van der Waals surface area (Å²) in [6.45, 7) is 8.59. The van der Waals surface area contributed by atoms with Gasteiger partial charge in [-0.2, -0.15) is 0 Å². The fraction of sp³-hybridized carbons (Fsp3) is 0.529. The van der Waals surface area contributed by atoms with E-state index in [0.717, 1.165) is 5.57 Å². The molecule has 2 rings (SSSR count). The predicted octanol–water partition coefficient (Wildman–Crippen LogP) is 3.23. The summed E-state index contributed by atoms with van der Waals surface area (Å²) >= 11 is 3.28. The van der Waals surface area contributed by atoms with Gasteiger partial charge >= 0.3 is 5.97 Å². The number of aliphatic hydroxyl groups is 1. The van der Waals surface area contributed by atoms with E-state index in [9.17, 15) is 14.7 Å². The highest BCUT2D eigenvalue weighted by Crippen LogP contribution is 2.37. The van der Waals surface area contributed by atoms with E-state index in [1.807, 2.05) is 20.8 Å². The minimum absolute atomic E-state index is 0.0306. The zero-order valence-corrected chi connectivity index (χ0v) is 15.4. The van der Waals surface area contributed by atoms with Crippen molar-refractivity contribution in [2.75, 3.05) is 13.2 Å². The van der Waals surface area contributed by atoms with Crippen molar-refractivity contribution in [2.24, 2.45) is 5.41 Å². The average Bonchev–Trinajstić information content (AvgIpc) is 2.40. The Balaban J connectivity index is 2.51. The Morgan fingerprint density at radius 3 is 2.70 bits per heavy atom. The topological polar surface area (TPSA) is 66.8 Å². The summed E-state index contributed by atoms with van der Waals surface area (Å²) in [7, 11) is 0. The van der Waals surface area contributed by atoms with Gasteiger partial charge in [0.15, 0.2) is 17.2 Å². The van der Waals surface area contributed by atoms with E-state index < -0.39 is 10.8 Å². The molecule has 0 spiro atoms. The summed E-state index contributed by atoms with van der Waals surface area (Å²) in [4.78, 5) is 25.5. The Bertz CT molecular complexity index is 625. The number of alkyl halides is 1. The molecule has 2 aliphatic rings. The molecule has 0 aromatic heterocycles. The van der Waals surface area contributed by atoms with Crippen LogP contribution in [0.1, 0.15) is 34.1 Å². The van der Waals surface area contributed by atoms with Crippen LogP contribution in [0.2, 0.25) is 0 Å². The van der Waals surface area contributed by atoms with E-state index in [1.54, 1.807) is 24.1 Å². The summed E-state index contributed by atoms with van der Waals surface area (Å²) in [5.74, 6) is -0.654. The van der Waals surface area contributed by atoms with Gasteiger partial charge in [0, 0.05) is 24.7 Å². The second kappa shape index (κ2) is 6.51. The molecule has 0 saturated heterocycles. The Morgan fingerprint density at radius 2 is 2.13 bits per heavy atom. The summed E-state index contributed by atoms with van der Waals surface area (Å²) in [6.07, 6.45) is 3.64. The van der Waals surface area contributed by atoms with Crippen molar-refractivity contribution < 1.29 is 19.4 Å². The van der Waals surface area contributed by atoms with Crippen LogP contribution in [0.5, 0.6) is 0 Å². The molecule has 1 aliphatic carbocycles. The van der Waals surface area contributed by atoms with E-state index in [4.69, 9.17) is 4.74 Å². The second-order valence-electron chi connectivity index (χ2n) is 6.89. The Morgan fingerprint density at radius 1 is 1.48 bits per heavy atom. The fourth-order valence-electron chi connectivity index (χ4n) is 2.64. The molecule has 0 aromatic carbocycles. The van der Waals surface area contributed by atoms with E-state index in [-0.39, 0.29) is 35.7 Å². The number of Topliss-reactive ketones (excluding diaryl/α,β-unsaturated/α-hetero) is 1. The first-order valence-electron chi connectivity index (χ1n) is 7.61. The molecule has 6 heteroatoms. The zero-order valence-electron chi connectivity index (χ0n) is 13.9. The minimum atomic E-state index is -0.562. The molecule has 0 aromatic rings. The quantitative estimate of drug-likeness (QED) is 0.598. The van der Waals surface area contributed by atoms with E-state index >= 15 is 0 Å². The van der Waals surface area contributed by atoms with Gasteiger partial charge in [0.1, 0.15) is 0 Å². The van der Waals surface area contributed by atoms with Crippen molar-refractivity contribution in [3.05, 3.63) is 34.9 Å². The molecule has 0 fully saturated rings. The Kier molecular flexibility index (Phi) is 5.04. The number of fused-ring (bicyclic) bond motifs is 1. The first-order chi connectivity index (χ1) is 10.6. The van der Waals surface area contributed by atoms with Gasteiger partial charge in [-0.1, -0.05) is 42.8 Å². The van der Waals surface area contributed by atoms with Gasteiger partial charge in [-0.3, -0.25) is 4.79 Å². The number of carbonyl (C=O) groups excluding carboxylic acids is 2. The molecule has 1 unspecified atom stereocenters. The molecule has 1 atom stereocenters. The third-order valence-electron chi connectivity index (χ3n) is 3.52. The summed E-state index contributed by atoms with van der Waals surface area (Å²) in [5, 5.41) is 10.6. The van der Waals surface area contributed by atoms with E-state index in [1.165, 1.54) is 0 Å². The molecule has 23 heavy (non-hydrogen) atoms. The van der Waals surface area contributed by atoms with Gasteiger partial charge in [0.05, 0.1) is 11.4 Å². The molecular weight excluding hydrogens is 362 g/mol. The number of allylic oxidation sites excluding steroid dienone is 2. The fourth-order valence-corrected chi connectivity index (χ4v) is 3.06. The summed E-state index contributed by atoms with van der Waals surface area (Å²) < 4.78 is 5.09. The number of hydrogen-bond acceptors (Lipinski definition) is 5. The molecule has 1 aliphatic heterocycles. The molecule has 1 N–H and O–H groups in total. The third kappa shape index (κ3) is 3.86. The smallest absolute Gasteiger partial charge is 0.358 e. The minimum Gasteiger partial charge on any atom is -0.505 e. The molecule has 0 amide bonds. The summed E-state index contributed by atoms with van der Waals surface area (Å²) in [5.41, 5.74) is 1.28. The molecule has 126 valence electrons. The zero-order chi connectivity index (χ0) is 17.4.